The quantitative estimate of drug-likeness (QED) is 0.691. The highest BCUT2D eigenvalue weighted by molar-refractivity contribution is 6.32. The molecule has 0 aromatic heterocycles. The van der Waals surface area contributed by atoms with Crippen LogP contribution in [0.15, 0.2) is 28.4 Å². The molecule has 3 nitrogen and oxygen atoms in total. The van der Waals surface area contributed by atoms with Gasteiger partial charge in [-0.25, -0.2) is 4.99 Å². The number of aliphatic imine (C=N–C) groups is 1. The van der Waals surface area contributed by atoms with Gasteiger partial charge in [-0.15, -0.1) is 0 Å². The second-order valence-corrected chi connectivity index (χ2v) is 3.84. The zero-order valence-corrected chi connectivity index (χ0v) is 8.25. The molecule has 13 heavy (non-hydrogen) atoms. The molecular weight excluding hydrogens is 186 g/mol. The molecule has 0 aromatic rings. The Balaban J connectivity index is 2.28. The maximum absolute atomic E-state index is 6.03. The molecular formula is C9H12ClN3. The Morgan fingerprint density at radius 3 is 3.15 bits per heavy atom. The van der Waals surface area contributed by atoms with Crippen molar-refractivity contribution >= 4 is 17.4 Å². The molecule has 1 atom stereocenters. The Kier molecular flexibility index (Phi) is 1.93. The van der Waals surface area contributed by atoms with Crippen molar-refractivity contribution < 1.29 is 0 Å². The fraction of sp³-hybridized carbons (Fsp3) is 0.444. The summed E-state index contributed by atoms with van der Waals surface area (Å²) in [5, 5.41) is 0.722. The molecule has 0 fully saturated rings. The minimum atomic E-state index is -0.433. The molecule has 0 bridgehead atoms. The first-order valence-electron chi connectivity index (χ1n) is 4.34. The Morgan fingerprint density at radius 1 is 1.69 bits per heavy atom. The number of fused-ring (bicyclic) bond motifs is 1. The third-order valence-corrected chi connectivity index (χ3v) is 2.58. The van der Waals surface area contributed by atoms with Gasteiger partial charge in [0.05, 0.1) is 11.6 Å². The van der Waals surface area contributed by atoms with E-state index >= 15 is 0 Å². The normalized spacial score (nSPS) is 31.5. The first kappa shape index (κ1) is 8.78. The molecule has 2 heterocycles. The van der Waals surface area contributed by atoms with Crippen LogP contribution in [0.4, 0.5) is 0 Å². The van der Waals surface area contributed by atoms with Crippen molar-refractivity contribution in [1.82, 2.24) is 4.90 Å². The minimum Gasteiger partial charge on any atom is -0.328 e. The monoisotopic (exact) mass is 197 g/mol. The average molecular weight is 198 g/mol. The van der Waals surface area contributed by atoms with Crippen molar-refractivity contribution in [2.24, 2.45) is 10.7 Å². The highest BCUT2D eigenvalue weighted by Crippen LogP contribution is 2.24. The molecule has 2 N–H and O–H groups in total. The standard InChI is InChI=1S/C9H12ClN3/c1-2-9(11)6-13-5-7(10)3-4-8(13)12-9/h3-5H,2,6,11H2,1H3. The maximum atomic E-state index is 6.03. The fourth-order valence-electron chi connectivity index (χ4n) is 1.49. The third kappa shape index (κ3) is 1.49. The molecule has 0 saturated heterocycles. The van der Waals surface area contributed by atoms with E-state index in [1.165, 1.54) is 0 Å². The van der Waals surface area contributed by atoms with Crippen LogP contribution >= 0.6 is 11.6 Å². The Labute approximate surface area is 82.6 Å². The van der Waals surface area contributed by atoms with Crippen LogP contribution in [0.25, 0.3) is 0 Å². The molecule has 2 aliphatic rings. The number of nitrogens with zero attached hydrogens (tertiary/aromatic N) is 2. The van der Waals surface area contributed by atoms with Gasteiger partial charge in [-0.2, -0.15) is 0 Å². The van der Waals surface area contributed by atoms with E-state index in [1.54, 1.807) is 0 Å². The summed E-state index contributed by atoms with van der Waals surface area (Å²) in [5.74, 6) is 0.911. The molecule has 0 spiro atoms. The van der Waals surface area contributed by atoms with Crippen molar-refractivity contribution in [2.75, 3.05) is 6.54 Å². The van der Waals surface area contributed by atoms with E-state index in [0.717, 1.165) is 23.8 Å². The molecule has 2 rings (SSSR count). The molecule has 0 saturated carbocycles. The predicted octanol–water partition coefficient (Wildman–Crippen LogP) is 1.42. The van der Waals surface area contributed by atoms with Crippen molar-refractivity contribution in [3.05, 3.63) is 23.4 Å². The summed E-state index contributed by atoms with van der Waals surface area (Å²) in [7, 11) is 0. The summed E-state index contributed by atoms with van der Waals surface area (Å²) >= 11 is 5.86. The number of halogens is 1. The Hall–Kier alpha value is -0.800. The van der Waals surface area contributed by atoms with Gasteiger partial charge in [-0.05, 0) is 18.6 Å². The number of allylic oxidation sites excluding steroid dienone is 2. The Bertz CT molecular complexity index is 319. The van der Waals surface area contributed by atoms with E-state index < -0.39 is 5.66 Å². The van der Waals surface area contributed by atoms with Gasteiger partial charge in [0.1, 0.15) is 11.5 Å². The van der Waals surface area contributed by atoms with Gasteiger partial charge in [-0.1, -0.05) is 18.5 Å². The van der Waals surface area contributed by atoms with E-state index in [9.17, 15) is 0 Å². The van der Waals surface area contributed by atoms with Crippen LogP contribution in [0, 0.1) is 0 Å². The first-order valence-corrected chi connectivity index (χ1v) is 4.71. The van der Waals surface area contributed by atoms with Crippen LogP contribution in [-0.2, 0) is 0 Å². The summed E-state index contributed by atoms with van der Waals surface area (Å²) in [6.07, 6.45) is 6.43. The van der Waals surface area contributed by atoms with Crippen LogP contribution in [0.1, 0.15) is 13.3 Å². The molecule has 0 aromatic carbocycles. The van der Waals surface area contributed by atoms with Crippen molar-refractivity contribution in [1.29, 1.82) is 0 Å². The van der Waals surface area contributed by atoms with Crippen LogP contribution in [-0.4, -0.2) is 22.9 Å². The molecule has 2 aliphatic heterocycles. The summed E-state index contributed by atoms with van der Waals surface area (Å²) in [6.45, 7) is 2.76. The lowest BCUT2D eigenvalue weighted by molar-refractivity contribution is 0.389. The molecule has 0 aliphatic carbocycles. The molecule has 0 radical (unpaired) electrons. The molecule has 70 valence electrons. The van der Waals surface area contributed by atoms with Gasteiger partial charge in [0.2, 0.25) is 0 Å². The summed E-state index contributed by atoms with van der Waals surface area (Å²) in [4.78, 5) is 6.42. The number of nitrogens with two attached hydrogens (primary N) is 1. The van der Waals surface area contributed by atoms with Crippen LogP contribution < -0.4 is 5.73 Å². The van der Waals surface area contributed by atoms with Crippen molar-refractivity contribution in [3.63, 3.8) is 0 Å². The second-order valence-electron chi connectivity index (χ2n) is 3.40. The molecule has 1 unspecified atom stereocenters. The van der Waals surface area contributed by atoms with Gasteiger partial charge in [0, 0.05) is 6.20 Å². The highest BCUT2D eigenvalue weighted by Gasteiger charge is 2.33. The second kappa shape index (κ2) is 2.86. The number of rotatable bonds is 1. The van der Waals surface area contributed by atoms with E-state index in [4.69, 9.17) is 17.3 Å². The van der Waals surface area contributed by atoms with Crippen LogP contribution in [0.2, 0.25) is 0 Å². The van der Waals surface area contributed by atoms with Gasteiger partial charge in [0.25, 0.3) is 0 Å². The van der Waals surface area contributed by atoms with Gasteiger partial charge >= 0.3 is 0 Å². The van der Waals surface area contributed by atoms with E-state index in [-0.39, 0.29) is 0 Å². The average Bonchev–Trinajstić information content (AvgIpc) is 2.42. The fourth-order valence-corrected chi connectivity index (χ4v) is 1.67. The van der Waals surface area contributed by atoms with Gasteiger partial charge < -0.3 is 10.6 Å². The van der Waals surface area contributed by atoms with E-state index in [0.29, 0.717) is 0 Å². The lowest BCUT2D eigenvalue weighted by Crippen LogP contribution is -2.41. The smallest absolute Gasteiger partial charge is 0.129 e. The molecule has 4 heteroatoms. The van der Waals surface area contributed by atoms with Gasteiger partial charge in [-0.3, -0.25) is 0 Å². The molecule has 0 amide bonds. The highest BCUT2D eigenvalue weighted by atomic mass is 35.5. The maximum Gasteiger partial charge on any atom is 0.129 e. The number of hydrogen-bond donors (Lipinski definition) is 1. The number of amidine groups is 1. The largest absolute Gasteiger partial charge is 0.328 e. The Morgan fingerprint density at radius 2 is 2.46 bits per heavy atom. The predicted molar refractivity (Wildman–Crippen MR) is 54.4 cm³/mol. The summed E-state index contributed by atoms with van der Waals surface area (Å²) in [5.41, 5.74) is 5.60. The topological polar surface area (TPSA) is 41.6 Å². The third-order valence-electron chi connectivity index (χ3n) is 2.36. The van der Waals surface area contributed by atoms with Crippen molar-refractivity contribution in [2.45, 2.75) is 19.0 Å². The SMILES string of the molecule is CCC1(N)CN2C=C(Cl)C=CC2=N1. The summed E-state index contributed by atoms with van der Waals surface area (Å²) < 4.78 is 0. The zero-order valence-electron chi connectivity index (χ0n) is 7.50. The summed E-state index contributed by atoms with van der Waals surface area (Å²) in [6, 6.07) is 0. The first-order chi connectivity index (χ1) is 6.13. The van der Waals surface area contributed by atoms with E-state index in [1.807, 2.05) is 30.2 Å². The van der Waals surface area contributed by atoms with Gasteiger partial charge in [0.15, 0.2) is 0 Å². The zero-order chi connectivity index (χ0) is 9.47. The van der Waals surface area contributed by atoms with E-state index in [2.05, 4.69) is 4.99 Å². The minimum absolute atomic E-state index is 0.433. The van der Waals surface area contributed by atoms with Crippen LogP contribution in [0.3, 0.4) is 0 Å². The van der Waals surface area contributed by atoms with Crippen LogP contribution in [0.5, 0.6) is 0 Å². The lowest BCUT2D eigenvalue weighted by atomic mass is 10.1. The lowest BCUT2D eigenvalue weighted by Gasteiger charge is -2.21. The number of hydrogen-bond acceptors (Lipinski definition) is 3. The van der Waals surface area contributed by atoms with Crippen molar-refractivity contribution in [3.8, 4) is 0 Å².